The maximum atomic E-state index is 12.8. The minimum atomic E-state index is -1.41. The zero-order chi connectivity index (χ0) is 14.3. The first-order chi connectivity index (χ1) is 9.62. The number of carbonyl (C=O) groups excluding carboxylic acids is 1. The lowest BCUT2D eigenvalue weighted by molar-refractivity contribution is -0.256. The molecule has 6 heteroatoms. The lowest BCUT2D eigenvalue weighted by Gasteiger charge is -2.32. The second-order valence-electron chi connectivity index (χ2n) is 4.88. The number of rotatable bonds is 2. The number of anilines is 1. The molecule has 1 aromatic rings. The van der Waals surface area contributed by atoms with E-state index in [0.717, 1.165) is 12.8 Å². The Morgan fingerprint density at radius 3 is 2.55 bits per heavy atom. The quantitative estimate of drug-likeness (QED) is 0.840. The van der Waals surface area contributed by atoms with Gasteiger partial charge in [0.25, 0.3) is 11.7 Å². The first-order valence-electron chi connectivity index (χ1n) is 6.70. The van der Waals surface area contributed by atoms with Crippen molar-refractivity contribution in [2.24, 2.45) is 0 Å². The van der Waals surface area contributed by atoms with E-state index in [-0.39, 0.29) is 5.91 Å². The van der Waals surface area contributed by atoms with Crippen LogP contribution >= 0.6 is 23.2 Å². The molecule has 20 heavy (non-hydrogen) atoms. The minimum absolute atomic E-state index is 0.232. The normalized spacial score (nSPS) is 20.6. The third kappa shape index (κ3) is 1.86. The Balaban J connectivity index is 2.21. The Labute approximate surface area is 127 Å². The molecule has 0 unspecified atom stereocenters. The topological polar surface area (TPSA) is 38.8 Å². The highest BCUT2D eigenvalue weighted by Gasteiger charge is 2.56. The van der Waals surface area contributed by atoms with E-state index in [0.29, 0.717) is 41.1 Å². The van der Waals surface area contributed by atoms with Gasteiger partial charge in [-0.1, -0.05) is 30.1 Å². The molecule has 1 fully saturated rings. The molecule has 4 nitrogen and oxygen atoms in total. The van der Waals surface area contributed by atoms with Crippen LogP contribution in [0.3, 0.4) is 0 Å². The second-order valence-corrected chi connectivity index (χ2v) is 5.69. The van der Waals surface area contributed by atoms with Crippen LogP contribution in [0, 0.1) is 0 Å². The third-order valence-electron chi connectivity index (χ3n) is 3.55. The molecule has 0 saturated carbocycles. The fourth-order valence-electron chi connectivity index (χ4n) is 2.74. The molecule has 3 rings (SSSR count). The van der Waals surface area contributed by atoms with Crippen molar-refractivity contribution in [3.05, 3.63) is 27.7 Å². The molecule has 0 N–H and O–H groups in total. The van der Waals surface area contributed by atoms with Crippen LogP contribution in [-0.2, 0) is 20.1 Å². The molecule has 0 bridgehead atoms. The fourth-order valence-corrected chi connectivity index (χ4v) is 3.28. The van der Waals surface area contributed by atoms with E-state index in [1.807, 2.05) is 6.92 Å². The predicted octanol–water partition coefficient (Wildman–Crippen LogP) is 3.34. The molecular formula is C14H15Cl2NO3. The standard InChI is InChI=1S/C14H15Cl2NO3/c1-2-6-17-12-10(16)5-4-9(15)11(12)14(13(17)18)19-7-3-8-20-14/h4-5H,2-3,6-8H2,1H3. The molecule has 1 amide bonds. The second kappa shape index (κ2) is 5.19. The van der Waals surface area contributed by atoms with Gasteiger partial charge in [-0.2, -0.15) is 0 Å². The molecule has 1 aromatic carbocycles. The van der Waals surface area contributed by atoms with Gasteiger partial charge in [0.2, 0.25) is 0 Å². The maximum Gasteiger partial charge on any atom is 0.292 e. The molecule has 108 valence electrons. The van der Waals surface area contributed by atoms with Crippen molar-refractivity contribution in [1.29, 1.82) is 0 Å². The van der Waals surface area contributed by atoms with Gasteiger partial charge in [0.05, 0.1) is 34.5 Å². The van der Waals surface area contributed by atoms with Crippen LogP contribution < -0.4 is 4.90 Å². The van der Waals surface area contributed by atoms with E-state index < -0.39 is 5.79 Å². The Bertz CT molecular complexity index is 556. The van der Waals surface area contributed by atoms with Gasteiger partial charge in [-0.05, 0) is 25.0 Å². The van der Waals surface area contributed by atoms with Gasteiger partial charge in [-0.25, -0.2) is 0 Å². The average molecular weight is 316 g/mol. The first-order valence-corrected chi connectivity index (χ1v) is 7.45. The van der Waals surface area contributed by atoms with Crippen molar-refractivity contribution < 1.29 is 14.3 Å². The number of nitrogens with zero attached hydrogens (tertiary/aromatic N) is 1. The average Bonchev–Trinajstić information content (AvgIpc) is 2.68. The number of halogens is 2. The summed E-state index contributed by atoms with van der Waals surface area (Å²) in [6.45, 7) is 3.49. The molecule has 2 aliphatic heterocycles. The summed E-state index contributed by atoms with van der Waals surface area (Å²) in [5, 5.41) is 0.930. The summed E-state index contributed by atoms with van der Waals surface area (Å²) in [6, 6.07) is 3.37. The predicted molar refractivity (Wildman–Crippen MR) is 77.3 cm³/mol. The lowest BCUT2D eigenvalue weighted by Crippen LogP contribution is -2.47. The SMILES string of the molecule is CCCN1C(=O)C2(OCCCO2)c2c(Cl)ccc(Cl)c21. The number of carbonyl (C=O) groups is 1. The van der Waals surface area contributed by atoms with Gasteiger partial charge in [0, 0.05) is 6.54 Å². The summed E-state index contributed by atoms with van der Waals surface area (Å²) in [5.74, 6) is -1.64. The van der Waals surface area contributed by atoms with Gasteiger partial charge in [0.15, 0.2) is 0 Å². The zero-order valence-electron chi connectivity index (χ0n) is 11.1. The minimum Gasteiger partial charge on any atom is -0.338 e. The van der Waals surface area contributed by atoms with E-state index in [9.17, 15) is 4.79 Å². The Morgan fingerprint density at radius 1 is 1.25 bits per heavy atom. The van der Waals surface area contributed by atoms with Crippen molar-refractivity contribution in [2.75, 3.05) is 24.7 Å². The van der Waals surface area contributed by atoms with Crippen LogP contribution in [0.15, 0.2) is 12.1 Å². The number of hydrogen-bond acceptors (Lipinski definition) is 3. The summed E-state index contributed by atoms with van der Waals surface area (Å²) in [5.41, 5.74) is 1.16. The molecule has 0 aromatic heterocycles. The van der Waals surface area contributed by atoms with E-state index in [2.05, 4.69) is 0 Å². The van der Waals surface area contributed by atoms with Gasteiger partial charge in [0.1, 0.15) is 0 Å². The van der Waals surface area contributed by atoms with Crippen molar-refractivity contribution in [3.8, 4) is 0 Å². The third-order valence-corrected chi connectivity index (χ3v) is 4.17. The fraction of sp³-hybridized carbons (Fsp3) is 0.500. The van der Waals surface area contributed by atoms with Crippen molar-refractivity contribution >= 4 is 34.8 Å². The van der Waals surface area contributed by atoms with E-state index in [4.69, 9.17) is 32.7 Å². The lowest BCUT2D eigenvalue weighted by atomic mass is 10.1. The highest BCUT2D eigenvalue weighted by atomic mass is 35.5. The molecule has 0 aliphatic carbocycles. The molecular weight excluding hydrogens is 301 g/mol. The first kappa shape index (κ1) is 14.1. The van der Waals surface area contributed by atoms with Crippen molar-refractivity contribution in [1.82, 2.24) is 0 Å². The summed E-state index contributed by atoms with van der Waals surface area (Å²) in [7, 11) is 0. The summed E-state index contributed by atoms with van der Waals surface area (Å²) in [4.78, 5) is 14.4. The van der Waals surface area contributed by atoms with E-state index in [1.165, 1.54) is 0 Å². The van der Waals surface area contributed by atoms with Gasteiger partial charge >= 0.3 is 0 Å². The number of amides is 1. The van der Waals surface area contributed by atoms with Crippen LogP contribution in [0.4, 0.5) is 5.69 Å². The van der Waals surface area contributed by atoms with Gasteiger partial charge in [-0.3, -0.25) is 4.79 Å². The maximum absolute atomic E-state index is 12.8. The molecule has 2 aliphatic rings. The number of benzene rings is 1. The van der Waals surface area contributed by atoms with Crippen LogP contribution in [0.1, 0.15) is 25.3 Å². The molecule has 1 saturated heterocycles. The molecule has 2 heterocycles. The van der Waals surface area contributed by atoms with E-state index in [1.54, 1.807) is 17.0 Å². The van der Waals surface area contributed by atoms with Crippen LogP contribution in [0.5, 0.6) is 0 Å². The highest BCUT2D eigenvalue weighted by molar-refractivity contribution is 6.38. The smallest absolute Gasteiger partial charge is 0.292 e. The number of hydrogen-bond donors (Lipinski definition) is 0. The van der Waals surface area contributed by atoms with Crippen molar-refractivity contribution in [3.63, 3.8) is 0 Å². The summed E-state index contributed by atoms with van der Waals surface area (Å²) in [6.07, 6.45) is 1.57. The monoisotopic (exact) mass is 315 g/mol. The molecule has 0 atom stereocenters. The van der Waals surface area contributed by atoms with Crippen molar-refractivity contribution in [2.45, 2.75) is 25.6 Å². The largest absolute Gasteiger partial charge is 0.338 e. The van der Waals surface area contributed by atoms with Crippen LogP contribution in [-0.4, -0.2) is 25.7 Å². The van der Waals surface area contributed by atoms with E-state index >= 15 is 0 Å². The van der Waals surface area contributed by atoms with Crippen LogP contribution in [0.25, 0.3) is 0 Å². The number of fused-ring (bicyclic) bond motifs is 2. The van der Waals surface area contributed by atoms with Gasteiger partial charge < -0.3 is 14.4 Å². The number of ether oxygens (including phenoxy) is 2. The molecule has 1 spiro atoms. The summed E-state index contributed by atoms with van der Waals surface area (Å²) < 4.78 is 11.4. The Hall–Kier alpha value is -0.810. The molecule has 0 radical (unpaired) electrons. The van der Waals surface area contributed by atoms with Gasteiger partial charge in [-0.15, -0.1) is 0 Å². The summed E-state index contributed by atoms with van der Waals surface area (Å²) >= 11 is 12.6. The van der Waals surface area contributed by atoms with Crippen LogP contribution in [0.2, 0.25) is 10.0 Å². The Kier molecular flexibility index (Phi) is 3.67. The highest BCUT2D eigenvalue weighted by Crippen LogP contribution is 2.51. The Morgan fingerprint density at radius 2 is 1.90 bits per heavy atom. The zero-order valence-corrected chi connectivity index (χ0v) is 12.6.